The Balaban J connectivity index is 1.81. The fourth-order valence-corrected chi connectivity index (χ4v) is 3.01. The maximum atomic E-state index is 12.9. The third kappa shape index (κ3) is 3.51. The third-order valence-electron chi connectivity index (χ3n) is 4.41. The zero-order valence-electron chi connectivity index (χ0n) is 13.9. The van der Waals surface area contributed by atoms with E-state index in [4.69, 9.17) is 10.5 Å². The van der Waals surface area contributed by atoms with Crippen LogP contribution in [0.5, 0.6) is 5.75 Å². The van der Waals surface area contributed by atoms with Crippen molar-refractivity contribution in [2.75, 3.05) is 32.1 Å². The van der Waals surface area contributed by atoms with Crippen LogP contribution in [0.15, 0.2) is 48.5 Å². The van der Waals surface area contributed by atoms with Gasteiger partial charge in [0.15, 0.2) is 0 Å². The highest BCUT2D eigenvalue weighted by Crippen LogP contribution is 2.26. The van der Waals surface area contributed by atoms with Crippen molar-refractivity contribution >= 4 is 17.3 Å². The van der Waals surface area contributed by atoms with Gasteiger partial charge in [0.25, 0.3) is 5.91 Å². The van der Waals surface area contributed by atoms with Gasteiger partial charge in [-0.15, -0.1) is 0 Å². The van der Waals surface area contributed by atoms with Crippen LogP contribution >= 0.6 is 0 Å². The lowest BCUT2D eigenvalue weighted by Gasteiger charge is -2.19. The van der Waals surface area contributed by atoms with E-state index in [0.717, 1.165) is 36.6 Å². The van der Waals surface area contributed by atoms with Crippen molar-refractivity contribution < 1.29 is 9.53 Å². The number of nitrogens with two attached hydrogens (primary N) is 1. The quantitative estimate of drug-likeness (QED) is 0.887. The maximum absolute atomic E-state index is 12.9. The van der Waals surface area contributed by atoms with Crippen molar-refractivity contribution in [1.82, 2.24) is 4.90 Å². The summed E-state index contributed by atoms with van der Waals surface area (Å²) in [6.45, 7) is 2.14. The van der Waals surface area contributed by atoms with Gasteiger partial charge >= 0.3 is 0 Å². The van der Waals surface area contributed by atoms with Crippen LogP contribution in [-0.4, -0.2) is 37.6 Å². The molecular formula is C19H23N3O2. The molecule has 5 heteroatoms. The number of carbonyl (C=O) groups is 1. The number of anilines is 2. The fourth-order valence-electron chi connectivity index (χ4n) is 3.01. The molecule has 0 spiro atoms. The van der Waals surface area contributed by atoms with E-state index in [1.165, 1.54) is 0 Å². The van der Waals surface area contributed by atoms with Crippen molar-refractivity contribution in [2.45, 2.75) is 6.42 Å². The van der Waals surface area contributed by atoms with Crippen LogP contribution < -0.4 is 15.8 Å². The molecule has 3 rings (SSSR count). The predicted molar refractivity (Wildman–Crippen MR) is 95.8 cm³/mol. The highest BCUT2D eigenvalue weighted by atomic mass is 16.5. The van der Waals surface area contributed by atoms with E-state index in [1.807, 2.05) is 53.4 Å². The molecule has 126 valence electrons. The van der Waals surface area contributed by atoms with Gasteiger partial charge in [0.2, 0.25) is 0 Å². The SMILES string of the molecule is COc1cccc(Nc2ccccc2C(=O)N2CCC(CN)C2)c1. The second-order valence-electron chi connectivity index (χ2n) is 6.04. The van der Waals surface area contributed by atoms with Gasteiger partial charge in [-0.2, -0.15) is 0 Å². The van der Waals surface area contributed by atoms with Crippen LogP contribution in [0.2, 0.25) is 0 Å². The average molecular weight is 325 g/mol. The first-order valence-electron chi connectivity index (χ1n) is 8.20. The van der Waals surface area contributed by atoms with Gasteiger partial charge in [-0.25, -0.2) is 0 Å². The van der Waals surface area contributed by atoms with Crippen LogP contribution in [0, 0.1) is 5.92 Å². The van der Waals surface area contributed by atoms with Gasteiger partial charge in [0, 0.05) is 24.8 Å². The normalized spacial score (nSPS) is 16.9. The number of likely N-dealkylation sites (tertiary alicyclic amines) is 1. The summed E-state index contributed by atoms with van der Waals surface area (Å²) in [4.78, 5) is 14.8. The summed E-state index contributed by atoms with van der Waals surface area (Å²) >= 11 is 0. The summed E-state index contributed by atoms with van der Waals surface area (Å²) in [7, 11) is 1.64. The average Bonchev–Trinajstić information content (AvgIpc) is 3.11. The standard InChI is InChI=1S/C19H23N3O2/c1-24-16-6-4-5-15(11-16)21-18-8-3-2-7-17(18)19(23)22-10-9-14(12-20)13-22/h2-8,11,14,21H,9-10,12-13,20H2,1H3. The van der Waals surface area contributed by atoms with Gasteiger partial charge in [0.1, 0.15) is 5.75 Å². The number of benzene rings is 2. The minimum absolute atomic E-state index is 0.0527. The molecule has 1 atom stereocenters. The smallest absolute Gasteiger partial charge is 0.255 e. The fraction of sp³-hybridized carbons (Fsp3) is 0.316. The van der Waals surface area contributed by atoms with Crippen LogP contribution in [0.25, 0.3) is 0 Å². The first-order chi connectivity index (χ1) is 11.7. The Kier molecular flexibility index (Phi) is 5.01. The third-order valence-corrected chi connectivity index (χ3v) is 4.41. The summed E-state index contributed by atoms with van der Waals surface area (Å²) in [5, 5.41) is 3.32. The molecule has 2 aromatic carbocycles. The number of ether oxygens (including phenoxy) is 1. The number of nitrogens with one attached hydrogen (secondary N) is 1. The lowest BCUT2D eigenvalue weighted by atomic mass is 10.1. The van der Waals surface area contributed by atoms with Gasteiger partial charge < -0.3 is 20.7 Å². The summed E-state index contributed by atoms with van der Waals surface area (Å²) in [5.74, 6) is 1.23. The molecule has 0 saturated carbocycles. The second kappa shape index (κ2) is 7.36. The molecule has 24 heavy (non-hydrogen) atoms. The van der Waals surface area contributed by atoms with Gasteiger partial charge in [-0.1, -0.05) is 18.2 Å². The van der Waals surface area contributed by atoms with Gasteiger partial charge in [0.05, 0.1) is 18.4 Å². The number of amides is 1. The Morgan fingerprint density at radius 2 is 2.12 bits per heavy atom. The number of hydrogen-bond acceptors (Lipinski definition) is 4. The molecule has 1 aliphatic rings. The van der Waals surface area contributed by atoms with E-state index in [2.05, 4.69) is 5.32 Å². The molecule has 2 aromatic rings. The van der Waals surface area contributed by atoms with E-state index in [1.54, 1.807) is 7.11 Å². The number of hydrogen-bond donors (Lipinski definition) is 2. The van der Waals surface area contributed by atoms with Gasteiger partial charge in [-0.05, 0) is 43.1 Å². The minimum Gasteiger partial charge on any atom is -0.497 e. The maximum Gasteiger partial charge on any atom is 0.255 e. The Bertz CT molecular complexity index is 717. The Morgan fingerprint density at radius 3 is 2.88 bits per heavy atom. The number of methoxy groups -OCH3 is 1. The molecular weight excluding hydrogens is 302 g/mol. The minimum atomic E-state index is 0.0527. The molecule has 1 amide bonds. The zero-order valence-corrected chi connectivity index (χ0v) is 13.9. The summed E-state index contributed by atoms with van der Waals surface area (Å²) in [6, 6.07) is 15.2. The van der Waals surface area contributed by atoms with Crippen LogP contribution in [0.4, 0.5) is 11.4 Å². The Labute approximate surface area is 142 Å². The lowest BCUT2D eigenvalue weighted by molar-refractivity contribution is 0.0788. The summed E-state index contributed by atoms with van der Waals surface area (Å²) in [5.41, 5.74) is 8.09. The molecule has 1 fully saturated rings. The van der Waals surface area contributed by atoms with E-state index in [-0.39, 0.29) is 5.91 Å². The first-order valence-corrected chi connectivity index (χ1v) is 8.20. The lowest BCUT2D eigenvalue weighted by Crippen LogP contribution is -2.30. The molecule has 1 aliphatic heterocycles. The molecule has 0 radical (unpaired) electrons. The summed E-state index contributed by atoms with van der Waals surface area (Å²) in [6.07, 6.45) is 0.980. The molecule has 5 nitrogen and oxygen atoms in total. The van der Waals surface area contributed by atoms with Crippen molar-refractivity contribution in [1.29, 1.82) is 0 Å². The molecule has 3 N–H and O–H groups in total. The highest BCUT2D eigenvalue weighted by molar-refractivity contribution is 6.00. The molecule has 0 aromatic heterocycles. The second-order valence-corrected chi connectivity index (χ2v) is 6.04. The molecule has 0 bridgehead atoms. The van der Waals surface area contributed by atoms with E-state index in [0.29, 0.717) is 18.0 Å². The van der Waals surface area contributed by atoms with Crippen LogP contribution in [0.3, 0.4) is 0 Å². The predicted octanol–water partition coefficient (Wildman–Crippen LogP) is 2.86. The number of para-hydroxylation sites is 1. The molecule has 1 heterocycles. The highest BCUT2D eigenvalue weighted by Gasteiger charge is 2.27. The largest absolute Gasteiger partial charge is 0.497 e. The monoisotopic (exact) mass is 325 g/mol. The Morgan fingerprint density at radius 1 is 1.29 bits per heavy atom. The van der Waals surface area contributed by atoms with E-state index in [9.17, 15) is 4.79 Å². The number of rotatable bonds is 5. The van der Waals surface area contributed by atoms with Crippen LogP contribution in [0.1, 0.15) is 16.8 Å². The molecule has 1 saturated heterocycles. The number of carbonyl (C=O) groups excluding carboxylic acids is 1. The number of nitrogens with zero attached hydrogens (tertiary/aromatic N) is 1. The van der Waals surface area contributed by atoms with Crippen LogP contribution in [-0.2, 0) is 0 Å². The zero-order chi connectivity index (χ0) is 16.9. The van der Waals surface area contributed by atoms with Crippen molar-refractivity contribution in [3.05, 3.63) is 54.1 Å². The Hall–Kier alpha value is -2.53. The van der Waals surface area contributed by atoms with E-state index < -0.39 is 0 Å². The van der Waals surface area contributed by atoms with Gasteiger partial charge in [-0.3, -0.25) is 4.79 Å². The van der Waals surface area contributed by atoms with E-state index >= 15 is 0 Å². The molecule has 0 aliphatic carbocycles. The van der Waals surface area contributed by atoms with Crippen molar-refractivity contribution in [3.63, 3.8) is 0 Å². The summed E-state index contributed by atoms with van der Waals surface area (Å²) < 4.78 is 5.25. The first kappa shape index (κ1) is 16.3. The molecule has 1 unspecified atom stereocenters. The topological polar surface area (TPSA) is 67.6 Å². The van der Waals surface area contributed by atoms with Crippen molar-refractivity contribution in [3.8, 4) is 5.75 Å². The van der Waals surface area contributed by atoms with Crippen molar-refractivity contribution in [2.24, 2.45) is 11.7 Å².